The van der Waals surface area contributed by atoms with Gasteiger partial charge in [0.2, 0.25) is 0 Å². The Morgan fingerprint density at radius 2 is 1.62 bits per heavy atom. The lowest BCUT2D eigenvalue weighted by Gasteiger charge is -2.04. The molecule has 1 aromatic rings. The van der Waals surface area contributed by atoms with Crippen LogP contribution in [0, 0.1) is 0 Å². The molecule has 0 aliphatic rings. The van der Waals surface area contributed by atoms with Crippen molar-refractivity contribution in [3.8, 4) is 0 Å². The van der Waals surface area contributed by atoms with Gasteiger partial charge in [0.15, 0.2) is 0 Å². The van der Waals surface area contributed by atoms with Gasteiger partial charge in [0, 0.05) is 24.4 Å². The van der Waals surface area contributed by atoms with Crippen molar-refractivity contribution in [1.82, 2.24) is 4.98 Å². The summed E-state index contributed by atoms with van der Waals surface area (Å²) in [6.45, 7) is 2.59. The van der Waals surface area contributed by atoms with E-state index in [0.717, 1.165) is 18.4 Å². The lowest BCUT2D eigenvalue weighted by atomic mass is 10.1. The van der Waals surface area contributed by atoms with Crippen LogP contribution in [0.5, 0.6) is 0 Å². The summed E-state index contributed by atoms with van der Waals surface area (Å²) in [7, 11) is 0. The van der Waals surface area contributed by atoms with Crippen LogP contribution in [0.25, 0.3) is 0 Å². The van der Waals surface area contributed by atoms with Crippen LogP contribution in [0.15, 0.2) is 36.7 Å². The summed E-state index contributed by atoms with van der Waals surface area (Å²) in [5.74, 6) is -0.101. The average Bonchev–Trinajstić information content (AvgIpc) is 2.67. The summed E-state index contributed by atoms with van der Waals surface area (Å²) < 4.78 is 5.25. The quantitative estimate of drug-likeness (QED) is 0.186. The molecule has 1 rings (SSSR count). The van der Waals surface area contributed by atoms with Crippen LogP contribution in [0.3, 0.4) is 0 Å². The van der Waals surface area contributed by atoms with E-state index in [1.807, 2.05) is 12.1 Å². The van der Waals surface area contributed by atoms with Gasteiger partial charge < -0.3 is 4.74 Å². The molecule has 3 nitrogen and oxygen atoms in total. The SMILES string of the molecule is CCCCCCC/C=C\CCCCCCCC(=O)OCc1cccnc1. The third-order valence-electron chi connectivity index (χ3n) is 4.52. The third-order valence-corrected chi connectivity index (χ3v) is 4.52. The van der Waals surface area contributed by atoms with Crippen molar-refractivity contribution in [3.05, 3.63) is 42.2 Å². The average molecular weight is 360 g/mol. The maximum atomic E-state index is 11.7. The molecule has 0 amide bonds. The van der Waals surface area contributed by atoms with Crippen molar-refractivity contribution in [2.24, 2.45) is 0 Å². The molecule has 0 N–H and O–H groups in total. The minimum absolute atomic E-state index is 0.101. The zero-order chi connectivity index (χ0) is 18.7. The van der Waals surface area contributed by atoms with E-state index >= 15 is 0 Å². The number of unbranched alkanes of at least 4 members (excludes halogenated alkanes) is 10. The van der Waals surface area contributed by atoms with Gasteiger partial charge in [-0.05, 0) is 38.2 Å². The highest BCUT2D eigenvalue weighted by Gasteiger charge is 2.03. The van der Waals surface area contributed by atoms with Gasteiger partial charge in [-0.25, -0.2) is 0 Å². The predicted molar refractivity (Wildman–Crippen MR) is 109 cm³/mol. The van der Waals surface area contributed by atoms with Crippen molar-refractivity contribution in [3.63, 3.8) is 0 Å². The van der Waals surface area contributed by atoms with Gasteiger partial charge in [-0.15, -0.1) is 0 Å². The molecular formula is C23H37NO2. The monoisotopic (exact) mass is 359 g/mol. The molecule has 1 aromatic heterocycles. The van der Waals surface area contributed by atoms with E-state index in [0.29, 0.717) is 13.0 Å². The Morgan fingerprint density at radius 3 is 2.27 bits per heavy atom. The van der Waals surface area contributed by atoms with E-state index in [1.54, 1.807) is 12.4 Å². The molecule has 0 unspecified atom stereocenters. The highest BCUT2D eigenvalue weighted by Crippen LogP contribution is 2.10. The molecule has 26 heavy (non-hydrogen) atoms. The molecule has 3 heteroatoms. The first-order chi connectivity index (χ1) is 12.8. The van der Waals surface area contributed by atoms with Crippen molar-refractivity contribution in [1.29, 1.82) is 0 Å². The number of allylic oxidation sites excluding steroid dienone is 2. The first-order valence-electron chi connectivity index (χ1n) is 10.5. The maximum absolute atomic E-state index is 11.7. The lowest BCUT2D eigenvalue weighted by molar-refractivity contribution is -0.145. The minimum Gasteiger partial charge on any atom is -0.461 e. The molecule has 0 radical (unpaired) electrons. The molecular weight excluding hydrogens is 322 g/mol. The zero-order valence-corrected chi connectivity index (χ0v) is 16.6. The zero-order valence-electron chi connectivity index (χ0n) is 16.6. The molecule has 0 aliphatic carbocycles. The smallest absolute Gasteiger partial charge is 0.306 e. The molecule has 146 valence electrons. The number of aromatic nitrogens is 1. The van der Waals surface area contributed by atoms with Crippen molar-refractivity contribution in [2.45, 2.75) is 97.0 Å². The Labute approximate surface area is 160 Å². The predicted octanol–water partition coefficient (Wildman–Crippen LogP) is 6.77. The Bertz CT molecular complexity index is 470. The van der Waals surface area contributed by atoms with Crippen LogP contribution < -0.4 is 0 Å². The van der Waals surface area contributed by atoms with Crippen LogP contribution in [-0.2, 0) is 16.1 Å². The number of esters is 1. The number of ether oxygens (including phenoxy) is 1. The number of hydrogen-bond donors (Lipinski definition) is 0. The second-order valence-corrected chi connectivity index (χ2v) is 7.00. The number of carbonyl (C=O) groups is 1. The maximum Gasteiger partial charge on any atom is 0.306 e. The van der Waals surface area contributed by atoms with Gasteiger partial charge in [-0.3, -0.25) is 9.78 Å². The van der Waals surface area contributed by atoms with Gasteiger partial charge >= 0.3 is 5.97 Å². The van der Waals surface area contributed by atoms with Crippen molar-refractivity contribution in [2.75, 3.05) is 0 Å². The van der Waals surface area contributed by atoms with Crippen LogP contribution in [0.2, 0.25) is 0 Å². The van der Waals surface area contributed by atoms with Gasteiger partial charge in [-0.1, -0.05) is 70.1 Å². The highest BCUT2D eigenvalue weighted by molar-refractivity contribution is 5.69. The standard InChI is InChI=1S/C23H37NO2/c1-2-3-4-5-6-7-8-9-10-11-12-13-14-15-18-23(25)26-21-22-17-16-19-24-20-22/h8-9,16-17,19-20H,2-7,10-15,18,21H2,1H3/b9-8-. The summed E-state index contributed by atoms with van der Waals surface area (Å²) in [4.78, 5) is 15.7. The summed E-state index contributed by atoms with van der Waals surface area (Å²) in [6.07, 6.45) is 23.7. The Balaban J connectivity index is 1.83. The number of rotatable bonds is 16. The molecule has 0 fully saturated rings. The van der Waals surface area contributed by atoms with Crippen LogP contribution in [0.4, 0.5) is 0 Å². The second kappa shape index (κ2) is 16.8. The molecule has 0 aromatic carbocycles. The van der Waals surface area contributed by atoms with Gasteiger partial charge in [0.1, 0.15) is 6.61 Å². The van der Waals surface area contributed by atoms with E-state index in [-0.39, 0.29) is 5.97 Å². The number of hydrogen-bond acceptors (Lipinski definition) is 3. The normalized spacial score (nSPS) is 11.1. The van der Waals surface area contributed by atoms with Crippen molar-refractivity contribution < 1.29 is 9.53 Å². The van der Waals surface area contributed by atoms with Gasteiger partial charge in [0.25, 0.3) is 0 Å². The number of carbonyl (C=O) groups excluding carboxylic acids is 1. The Hall–Kier alpha value is -1.64. The van der Waals surface area contributed by atoms with Crippen molar-refractivity contribution >= 4 is 5.97 Å². The number of pyridine rings is 1. The fourth-order valence-electron chi connectivity index (χ4n) is 2.88. The highest BCUT2D eigenvalue weighted by atomic mass is 16.5. The third kappa shape index (κ3) is 13.6. The largest absolute Gasteiger partial charge is 0.461 e. The summed E-state index contributed by atoms with van der Waals surface area (Å²) in [5.41, 5.74) is 0.940. The number of nitrogens with zero attached hydrogens (tertiary/aromatic N) is 1. The molecule has 0 saturated heterocycles. The molecule has 0 spiro atoms. The second-order valence-electron chi connectivity index (χ2n) is 7.00. The molecule has 0 atom stereocenters. The first-order valence-corrected chi connectivity index (χ1v) is 10.5. The molecule has 0 saturated carbocycles. The van der Waals surface area contributed by atoms with E-state index in [2.05, 4.69) is 24.1 Å². The first kappa shape index (κ1) is 22.4. The molecule has 1 heterocycles. The fraction of sp³-hybridized carbons (Fsp3) is 0.652. The van der Waals surface area contributed by atoms with E-state index in [4.69, 9.17) is 4.74 Å². The van der Waals surface area contributed by atoms with Crippen LogP contribution in [0.1, 0.15) is 96.0 Å². The Morgan fingerprint density at radius 1 is 0.962 bits per heavy atom. The summed E-state index contributed by atoms with van der Waals surface area (Å²) >= 11 is 0. The lowest BCUT2D eigenvalue weighted by Crippen LogP contribution is -2.04. The van der Waals surface area contributed by atoms with Crippen LogP contribution >= 0.6 is 0 Å². The van der Waals surface area contributed by atoms with E-state index < -0.39 is 0 Å². The summed E-state index contributed by atoms with van der Waals surface area (Å²) in [6, 6.07) is 3.77. The summed E-state index contributed by atoms with van der Waals surface area (Å²) in [5, 5.41) is 0. The minimum atomic E-state index is -0.101. The van der Waals surface area contributed by atoms with Gasteiger partial charge in [-0.2, -0.15) is 0 Å². The van der Waals surface area contributed by atoms with Gasteiger partial charge in [0.05, 0.1) is 0 Å². The van der Waals surface area contributed by atoms with E-state index in [9.17, 15) is 4.79 Å². The van der Waals surface area contributed by atoms with Crippen LogP contribution in [-0.4, -0.2) is 11.0 Å². The Kier molecular flexibility index (Phi) is 14.5. The van der Waals surface area contributed by atoms with E-state index in [1.165, 1.54) is 64.2 Å². The fourth-order valence-corrected chi connectivity index (χ4v) is 2.88. The molecule has 0 aliphatic heterocycles. The topological polar surface area (TPSA) is 39.2 Å². The molecule has 0 bridgehead atoms.